The lowest BCUT2D eigenvalue weighted by Gasteiger charge is -2.33. The summed E-state index contributed by atoms with van der Waals surface area (Å²) in [6.45, 7) is 4.74. The van der Waals surface area contributed by atoms with E-state index in [-0.39, 0.29) is 5.82 Å². The molecule has 1 aliphatic carbocycles. The lowest BCUT2D eigenvalue weighted by atomic mass is 9.85. The maximum absolute atomic E-state index is 13.5. The average Bonchev–Trinajstić information content (AvgIpc) is 2.89. The molecule has 1 aromatic rings. The molecule has 2 fully saturated rings. The quantitative estimate of drug-likeness (QED) is 0.916. The molecule has 1 saturated carbocycles. The van der Waals surface area contributed by atoms with Crippen LogP contribution in [0.25, 0.3) is 0 Å². The van der Waals surface area contributed by atoms with Crippen LogP contribution < -0.4 is 10.2 Å². The Morgan fingerprint density at radius 3 is 3.05 bits per heavy atom. The molecular weight excluding hydrogens is 253 g/mol. The molecule has 1 aromatic heterocycles. The number of halogens is 1. The highest BCUT2D eigenvalue weighted by atomic mass is 19.1. The number of nitrogens with one attached hydrogen (secondary N) is 1. The van der Waals surface area contributed by atoms with Crippen LogP contribution in [0.3, 0.4) is 0 Å². The van der Waals surface area contributed by atoms with Crippen LogP contribution in [-0.2, 0) is 6.54 Å². The van der Waals surface area contributed by atoms with Crippen molar-refractivity contribution in [1.29, 1.82) is 0 Å². The Morgan fingerprint density at radius 2 is 2.20 bits per heavy atom. The molecule has 0 aromatic carbocycles. The summed E-state index contributed by atoms with van der Waals surface area (Å²) in [6, 6.07) is 2.27. The molecule has 2 aliphatic rings. The van der Waals surface area contributed by atoms with E-state index in [1.165, 1.54) is 38.3 Å². The van der Waals surface area contributed by atoms with Crippen LogP contribution in [0, 0.1) is 11.7 Å². The molecule has 0 radical (unpaired) electrons. The minimum atomic E-state index is -0.235. The third-order valence-electron chi connectivity index (χ3n) is 4.76. The Bertz CT molecular complexity index is 463. The third kappa shape index (κ3) is 2.66. The molecule has 4 heteroatoms. The number of fused-ring (bicyclic) bond motifs is 1. The van der Waals surface area contributed by atoms with E-state index in [9.17, 15) is 4.39 Å². The highest BCUT2D eigenvalue weighted by Gasteiger charge is 2.37. The summed E-state index contributed by atoms with van der Waals surface area (Å²) >= 11 is 0. The van der Waals surface area contributed by atoms with Gasteiger partial charge >= 0.3 is 0 Å². The first-order valence-corrected chi connectivity index (χ1v) is 7.91. The van der Waals surface area contributed by atoms with Crippen LogP contribution in [0.2, 0.25) is 0 Å². The first-order valence-electron chi connectivity index (χ1n) is 7.91. The standard InChI is InChI=1S/C16H24FN3/c1-2-18-10-13-9-14(17)11-19-16(13)20-8-7-12-5-3-4-6-15(12)20/h9,11-12,15,18H,2-8,10H2,1H3. The van der Waals surface area contributed by atoms with Gasteiger partial charge in [-0.2, -0.15) is 0 Å². The van der Waals surface area contributed by atoms with Gasteiger partial charge in [-0.1, -0.05) is 19.8 Å². The second kappa shape index (κ2) is 6.08. The van der Waals surface area contributed by atoms with Gasteiger partial charge in [-0.15, -0.1) is 0 Å². The van der Waals surface area contributed by atoms with Crippen LogP contribution in [0.1, 0.15) is 44.6 Å². The van der Waals surface area contributed by atoms with Crippen molar-refractivity contribution in [3.8, 4) is 0 Å². The van der Waals surface area contributed by atoms with Gasteiger partial charge in [0.2, 0.25) is 0 Å². The molecule has 2 heterocycles. The summed E-state index contributed by atoms with van der Waals surface area (Å²) in [5.74, 6) is 1.59. The highest BCUT2D eigenvalue weighted by molar-refractivity contribution is 5.49. The van der Waals surface area contributed by atoms with E-state index in [1.807, 2.05) is 0 Å². The first-order chi connectivity index (χ1) is 9.79. The van der Waals surface area contributed by atoms with Gasteiger partial charge in [-0.05, 0) is 37.8 Å². The van der Waals surface area contributed by atoms with E-state index >= 15 is 0 Å². The monoisotopic (exact) mass is 277 g/mol. The zero-order chi connectivity index (χ0) is 13.9. The fraction of sp³-hybridized carbons (Fsp3) is 0.688. The number of hydrogen-bond donors (Lipinski definition) is 1. The number of nitrogens with zero attached hydrogens (tertiary/aromatic N) is 2. The zero-order valence-corrected chi connectivity index (χ0v) is 12.2. The Kier molecular flexibility index (Phi) is 4.20. The first kappa shape index (κ1) is 13.8. The van der Waals surface area contributed by atoms with E-state index in [0.29, 0.717) is 12.6 Å². The van der Waals surface area contributed by atoms with Gasteiger partial charge in [0.15, 0.2) is 0 Å². The van der Waals surface area contributed by atoms with Gasteiger partial charge in [0, 0.05) is 24.7 Å². The molecule has 110 valence electrons. The largest absolute Gasteiger partial charge is 0.353 e. The van der Waals surface area contributed by atoms with Crippen molar-refractivity contribution >= 4 is 5.82 Å². The number of rotatable bonds is 4. The Hall–Kier alpha value is -1.16. The minimum Gasteiger partial charge on any atom is -0.353 e. The van der Waals surface area contributed by atoms with Gasteiger partial charge in [-0.25, -0.2) is 9.37 Å². The van der Waals surface area contributed by atoms with Crippen LogP contribution in [0.15, 0.2) is 12.3 Å². The van der Waals surface area contributed by atoms with Crippen LogP contribution in [0.5, 0.6) is 0 Å². The van der Waals surface area contributed by atoms with E-state index in [1.54, 1.807) is 6.07 Å². The fourth-order valence-electron chi connectivity index (χ4n) is 3.79. The van der Waals surface area contributed by atoms with Crippen molar-refractivity contribution in [2.24, 2.45) is 5.92 Å². The van der Waals surface area contributed by atoms with Gasteiger partial charge in [-0.3, -0.25) is 0 Å². The molecule has 2 unspecified atom stereocenters. The van der Waals surface area contributed by atoms with Crippen molar-refractivity contribution in [3.63, 3.8) is 0 Å². The molecule has 0 bridgehead atoms. The zero-order valence-electron chi connectivity index (χ0n) is 12.2. The summed E-state index contributed by atoms with van der Waals surface area (Å²) in [5, 5.41) is 3.29. The van der Waals surface area contributed by atoms with Gasteiger partial charge < -0.3 is 10.2 Å². The molecule has 0 spiro atoms. The van der Waals surface area contributed by atoms with E-state index in [2.05, 4.69) is 22.1 Å². The lowest BCUT2D eigenvalue weighted by molar-refractivity contribution is 0.341. The van der Waals surface area contributed by atoms with Gasteiger partial charge in [0.25, 0.3) is 0 Å². The van der Waals surface area contributed by atoms with E-state index in [0.717, 1.165) is 30.4 Å². The van der Waals surface area contributed by atoms with Crippen molar-refractivity contribution < 1.29 is 4.39 Å². The minimum absolute atomic E-state index is 0.235. The van der Waals surface area contributed by atoms with Crippen molar-refractivity contribution in [2.75, 3.05) is 18.0 Å². The summed E-state index contributed by atoms with van der Waals surface area (Å²) in [4.78, 5) is 6.86. The van der Waals surface area contributed by atoms with Crippen LogP contribution >= 0.6 is 0 Å². The van der Waals surface area contributed by atoms with E-state index < -0.39 is 0 Å². The SMILES string of the molecule is CCNCc1cc(F)cnc1N1CCC2CCCCC21. The molecule has 0 amide bonds. The van der Waals surface area contributed by atoms with Crippen LogP contribution in [0.4, 0.5) is 10.2 Å². The second-order valence-electron chi connectivity index (χ2n) is 6.01. The molecule has 2 atom stereocenters. The topological polar surface area (TPSA) is 28.2 Å². The Labute approximate surface area is 120 Å². The maximum Gasteiger partial charge on any atom is 0.141 e. The van der Waals surface area contributed by atoms with Crippen LogP contribution in [-0.4, -0.2) is 24.1 Å². The third-order valence-corrected chi connectivity index (χ3v) is 4.76. The van der Waals surface area contributed by atoms with Crippen molar-refractivity contribution in [2.45, 2.75) is 51.6 Å². The number of anilines is 1. The normalized spacial score (nSPS) is 25.8. The Morgan fingerprint density at radius 1 is 1.35 bits per heavy atom. The molecule has 20 heavy (non-hydrogen) atoms. The predicted molar refractivity (Wildman–Crippen MR) is 79.3 cm³/mol. The summed E-state index contributed by atoms with van der Waals surface area (Å²) in [5.41, 5.74) is 0.998. The van der Waals surface area contributed by atoms with Crippen molar-refractivity contribution in [3.05, 3.63) is 23.6 Å². The smallest absolute Gasteiger partial charge is 0.141 e. The van der Waals surface area contributed by atoms with Crippen molar-refractivity contribution in [1.82, 2.24) is 10.3 Å². The summed E-state index contributed by atoms with van der Waals surface area (Å²) in [6.07, 6.45) is 7.94. The molecule has 3 rings (SSSR count). The van der Waals surface area contributed by atoms with E-state index in [4.69, 9.17) is 0 Å². The summed E-state index contributed by atoms with van der Waals surface area (Å²) in [7, 11) is 0. The van der Waals surface area contributed by atoms with Gasteiger partial charge in [0.05, 0.1) is 6.20 Å². The Balaban J connectivity index is 1.85. The molecular formula is C16H24FN3. The molecule has 3 nitrogen and oxygen atoms in total. The fourth-order valence-corrected chi connectivity index (χ4v) is 3.79. The molecule has 1 saturated heterocycles. The predicted octanol–water partition coefficient (Wildman–Crippen LogP) is 3.10. The lowest BCUT2D eigenvalue weighted by Crippen LogP contribution is -2.36. The average molecular weight is 277 g/mol. The number of aromatic nitrogens is 1. The number of pyridine rings is 1. The number of hydrogen-bond acceptors (Lipinski definition) is 3. The van der Waals surface area contributed by atoms with Gasteiger partial charge in [0.1, 0.15) is 11.6 Å². The molecule has 1 aliphatic heterocycles. The maximum atomic E-state index is 13.5. The highest BCUT2D eigenvalue weighted by Crippen LogP contribution is 2.39. The molecule has 1 N–H and O–H groups in total. The second-order valence-corrected chi connectivity index (χ2v) is 6.01. The summed E-state index contributed by atoms with van der Waals surface area (Å²) < 4.78 is 13.5.